The maximum Gasteiger partial charge on any atom is 0.337 e. The first-order chi connectivity index (χ1) is 11.1. The van der Waals surface area contributed by atoms with E-state index in [1.807, 2.05) is 0 Å². The second-order valence-corrected chi connectivity index (χ2v) is 6.99. The van der Waals surface area contributed by atoms with Crippen molar-refractivity contribution in [3.05, 3.63) is 58.7 Å². The van der Waals surface area contributed by atoms with Gasteiger partial charge < -0.3 is 10.8 Å². The molecule has 8 heteroatoms. The molecule has 0 saturated carbocycles. The topological polar surface area (TPSA) is 127 Å². The molecule has 2 rings (SSSR count). The highest BCUT2D eigenvalue weighted by atomic mass is 32.2. The van der Waals surface area contributed by atoms with Gasteiger partial charge in [0, 0.05) is 5.56 Å². The lowest BCUT2D eigenvalue weighted by molar-refractivity contribution is 0.0697. The molecule has 4 N–H and O–H groups in total. The number of amides is 1. The predicted molar refractivity (Wildman–Crippen MR) is 88.6 cm³/mol. The van der Waals surface area contributed by atoms with Crippen molar-refractivity contribution in [2.75, 3.05) is 4.72 Å². The van der Waals surface area contributed by atoms with Gasteiger partial charge in [-0.1, -0.05) is 6.07 Å². The highest BCUT2D eigenvalue weighted by molar-refractivity contribution is 7.92. The largest absolute Gasteiger partial charge is 0.478 e. The molecule has 0 aliphatic heterocycles. The number of carbonyl (C=O) groups is 2. The molecule has 2 aromatic carbocycles. The Labute approximate surface area is 139 Å². The molecule has 2 aromatic rings. The third-order valence-electron chi connectivity index (χ3n) is 3.40. The minimum atomic E-state index is -4.01. The number of carboxylic acid groups (broad SMARTS) is 1. The fourth-order valence-electron chi connectivity index (χ4n) is 2.26. The van der Waals surface area contributed by atoms with Gasteiger partial charge in [0.1, 0.15) is 0 Å². The number of benzene rings is 2. The predicted octanol–water partition coefficient (Wildman–Crippen LogP) is 1.90. The number of rotatable bonds is 5. The van der Waals surface area contributed by atoms with Crippen LogP contribution in [-0.2, 0) is 10.0 Å². The molecule has 7 nitrogen and oxygen atoms in total. The van der Waals surface area contributed by atoms with Crippen LogP contribution in [0.4, 0.5) is 5.69 Å². The average molecular weight is 348 g/mol. The third-order valence-corrected chi connectivity index (χ3v) is 4.76. The van der Waals surface area contributed by atoms with Crippen molar-refractivity contribution in [1.82, 2.24) is 0 Å². The number of primary amides is 1. The first kappa shape index (κ1) is 17.5. The zero-order valence-corrected chi connectivity index (χ0v) is 13.8. The van der Waals surface area contributed by atoms with Crippen LogP contribution in [0.3, 0.4) is 0 Å². The van der Waals surface area contributed by atoms with Crippen LogP contribution in [0.1, 0.15) is 31.8 Å². The van der Waals surface area contributed by atoms with Crippen LogP contribution < -0.4 is 10.5 Å². The van der Waals surface area contributed by atoms with Gasteiger partial charge in [-0.25, -0.2) is 13.2 Å². The lowest BCUT2D eigenvalue weighted by atomic mass is 10.0. The number of anilines is 1. The maximum atomic E-state index is 12.5. The van der Waals surface area contributed by atoms with Crippen molar-refractivity contribution in [3.63, 3.8) is 0 Å². The van der Waals surface area contributed by atoms with E-state index in [4.69, 9.17) is 5.73 Å². The average Bonchev–Trinajstić information content (AvgIpc) is 2.49. The van der Waals surface area contributed by atoms with Crippen LogP contribution in [0.15, 0.2) is 41.3 Å². The summed E-state index contributed by atoms with van der Waals surface area (Å²) in [5, 5.41) is 9.29. The summed E-state index contributed by atoms with van der Waals surface area (Å²) in [4.78, 5) is 22.3. The Morgan fingerprint density at radius 1 is 1.08 bits per heavy atom. The Morgan fingerprint density at radius 3 is 2.17 bits per heavy atom. The van der Waals surface area contributed by atoms with Gasteiger partial charge in [0.25, 0.3) is 10.0 Å². The zero-order chi connectivity index (χ0) is 18.1. The quantitative estimate of drug-likeness (QED) is 0.760. The van der Waals surface area contributed by atoms with Crippen molar-refractivity contribution in [2.24, 2.45) is 5.73 Å². The number of carboxylic acids is 1. The highest BCUT2D eigenvalue weighted by Crippen LogP contribution is 2.26. The fourth-order valence-corrected chi connectivity index (χ4v) is 3.42. The molecule has 24 heavy (non-hydrogen) atoms. The smallest absolute Gasteiger partial charge is 0.337 e. The number of aryl methyl sites for hydroxylation is 2. The summed E-state index contributed by atoms with van der Waals surface area (Å²) in [5.41, 5.74) is 6.36. The van der Waals surface area contributed by atoms with Gasteiger partial charge in [-0.05, 0) is 55.3 Å². The van der Waals surface area contributed by atoms with E-state index in [0.717, 1.165) is 0 Å². The zero-order valence-electron chi connectivity index (χ0n) is 13.0. The van der Waals surface area contributed by atoms with Gasteiger partial charge in [0.2, 0.25) is 5.91 Å². The molecular weight excluding hydrogens is 332 g/mol. The summed E-state index contributed by atoms with van der Waals surface area (Å²) in [6.45, 7) is 3.34. The summed E-state index contributed by atoms with van der Waals surface area (Å²) in [5.74, 6) is -1.90. The summed E-state index contributed by atoms with van der Waals surface area (Å²) in [6, 6.07) is 8.11. The van der Waals surface area contributed by atoms with Crippen LogP contribution in [0.5, 0.6) is 0 Å². The van der Waals surface area contributed by atoms with Gasteiger partial charge in [0.15, 0.2) is 0 Å². The lowest BCUT2D eigenvalue weighted by Crippen LogP contribution is -2.17. The van der Waals surface area contributed by atoms with Crippen LogP contribution in [0.2, 0.25) is 0 Å². The molecule has 0 aliphatic carbocycles. The summed E-state index contributed by atoms with van der Waals surface area (Å²) in [6.07, 6.45) is 0. The number of carbonyl (C=O) groups excluding carboxylic acids is 1. The molecule has 126 valence electrons. The van der Waals surface area contributed by atoms with Crippen LogP contribution in [0.25, 0.3) is 0 Å². The van der Waals surface area contributed by atoms with Gasteiger partial charge in [-0.15, -0.1) is 0 Å². The normalized spacial score (nSPS) is 11.1. The van der Waals surface area contributed by atoms with Crippen molar-refractivity contribution < 1.29 is 23.1 Å². The Bertz CT molecular complexity index is 918. The van der Waals surface area contributed by atoms with Gasteiger partial charge in [-0.2, -0.15) is 0 Å². The number of hydrogen-bond acceptors (Lipinski definition) is 4. The highest BCUT2D eigenvalue weighted by Gasteiger charge is 2.21. The standard InChI is InChI=1S/C16H16N2O5S/c1-9-7-10(2)14(13(8-9)16(20)21)18-24(22,23)12-5-3-11(4-6-12)15(17)19/h3-8,18H,1-2H3,(H2,17,19)(H,20,21). The van der Waals surface area contributed by atoms with Gasteiger partial charge in [0.05, 0.1) is 16.1 Å². The second-order valence-electron chi connectivity index (χ2n) is 5.30. The van der Waals surface area contributed by atoms with E-state index in [0.29, 0.717) is 11.1 Å². The number of sulfonamides is 1. The van der Waals surface area contributed by atoms with E-state index < -0.39 is 21.9 Å². The lowest BCUT2D eigenvalue weighted by Gasteiger charge is -2.14. The summed E-state index contributed by atoms with van der Waals surface area (Å²) >= 11 is 0. The molecular formula is C16H16N2O5S. The minimum Gasteiger partial charge on any atom is -0.478 e. The molecule has 0 unspecified atom stereocenters. The van der Waals surface area contributed by atoms with E-state index in [-0.39, 0.29) is 21.7 Å². The van der Waals surface area contributed by atoms with E-state index in [1.165, 1.54) is 30.3 Å². The third kappa shape index (κ3) is 3.54. The first-order valence-corrected chi connectivity index (χ1v) is 8.37. The second kappa shape index (κ2) is 6.32. The molecule has 0 spiro atoms. The van der Waals surface area contributed by atoms with Crippen molar-refractivity contribution in [3.8, 4) is 0 Å². The Balaban J connectivity index is 2.46. The number of nitrogens with one attached hydrogen (secondary N) is 1. The van der Waals surface area contributed by atoms with Crippen molar-refractivity contribution in [2.45, 2.75) is 18.7 Å². The fraction of sp³-hybridized carbons (Fsp3) is 0.125. The van der Waals surface area contributed by atoms with E-state index >= 15 is 0 Å². The van der Waals surface area contributed by atoms with Crippen LogP contribution in [-0.4, -0.2) is 25.4 Å². The minimum absolute atomic E-state index is 0.00655. The maximum absolute atomic E-state index is 12.5. The van der Waals surface area contributed by atoms with E-state index in [9.17, 15) is 23.1 Å². The summed E-state index contributed by atoms with van der Waals surface area (Å²) < 4.78 is 27.3. The Hall–Kier alpha value is -2.87. The molecule has 0 bridgehead atoms. The van der Waals surface area contributed by atoms with Crippen LogP contribution >= 0.6 is 0 Å². The SMILES string of the molecule is Cc1cc(C)c(NS(=O)(=O)c2ccc(C(N)=O)cc2)c(C(=O)O)c1. The molecule has 0 heterocycles. The number of aromatic carboxylic acids is 1. The molecule has 0 aliphatic rings. The molecule has 0 aromatic heterocycles. The van der Waals surface area contributed by atoms with Crippen molar-refractivity contribution >= 4 is 27.6 Å². The Kier molecular flexibility index (Phi) is 4.61. The number of hydrogen-bond donors (Lipinski definition) is 3. The van der Waals surface area contributed by atoms with E-state index in [2.05, 4.69) is 4.72 Å². The molecule has 1 amide bonds. The van der Waals surface area contributed by atoms with Gasteiger partial charge >= 0.3 is 5.97 Å². The number of nitrogens with two attached hydrogens (primary N) is 1. The molecule has 0 saturated heterocycles. The monoisotopic (exact) mass is 348 g/mol. The van der Waals surface area contributed by atoms with Crippen molar-refractivity contribution in [1.29, 1.82) is 0 Å². The molecule has 0 fully saturated rings. The molecule has 0 atom stereocenters. The molecule has 0 radical (unpaired) electrons. The summed E-state index contributed by atoms with van der Waals surface area (Å²) in [7, 11) is -4.01. The Morgan fingerprint density at radius 2 is 1.67 bits per heavy atom. The first-order valence-electron chi connectivity index (χ1n) is 6.89. The van der Waals surface area contributed by atoms with Gasteiger partial charge in [-0.3, -0.25) is 9.52 Å². The van der Waals surface area contributed by atoms with Crippen LogP contribution in [0, 0.1) is 13.8 Å². The van der Waals surface area contributed by atoms with E-state index in [1.54, 1.807) is 19.9 Å².